The van der Waals surface area contributed by atoms with Gasteiger partial charge in [-0.3, -0.25) is 9.78 Å². The maximum atomic E-state index is 12.5. The van der Waals surface area contributed by atoms with Crippen molar-refractivity contribution in [3.63, 3.8) is 0 Å². The molecule has 0 aliphatic rings. The van der Waals surface area contributed by atoms with Gasteiger partial charge in [-0.2, -0.15) is 0 Å². The number of aliphatic hydroxyl groups excluding tert-OH is 1. The molecule has 5 heteroatoms. The van der Waals surface area contributed by atoms with Gasteiger partial charge < -0.3 is 15.2 Å². The van der Waals surface area contributed by atoms with Gasteiger partial charge in [0.05, 0.1) is 23.6 Å². The average Bonchev–Trinajstić information content (AvgIpc) is 2.68. The number of ether oxygens (including phenoxy) is 1. The number of rotatable bonds is 6. The lowest BCUT2D eigenvalue weighted by molar-refractivity contribution is 0.102. The van der Waals surface area contributed by atoms with E-state index in [0.29, 0.717) is 22.7 Å². The molecule has 1 aromatic heterocycles. The van der Waals surface area contributed by atoms with Crippen LogP contribution in [0.4, 0.5) is 5.69 Å². The zero-order valence-electron chi connectivity index (χ0n) is 14.5. The van der Waals surface area contributed by atoms with Gasteiger partial charge in [0.2, 0.25) is 0 Å². The first-order valence-corrected chi connectivity index (χ1v) is 8.35. The molecule has 5 nitrogen and oxygen atoms in total. The Labute approximate surface area is 152 Å². The summed E-state index contributed by atoms with van der Waals surface area (Å²) in [4.78, 5) is 17.1. The number of aliphatic hydroxyl groups is 1. The highest BCUT2D eigenvalue weighted by atomic mass is 16.5. The average molecular weight is 348 g/mol. The first-order chi connectivity index (χ1) is 12.7. The summed E-state index contributed by atoms with van der Waals surface area (Å²) in [5.41, 5.74) is 3.72. The summed E-state index contributed by atoms with van der Waals surface area (Å²) >= 11 is 0. The fourth-order valence-electron chi connectivity index (χ4n) is 2.57. The number of nitrogens with one attached hydrogen (secondary N) is 1. The molecule has 0 aliphatic heterocycles. The van der Waals surface area contributed by atoms with E-state index in [4.69, 9.17) is 9.84 Å². The van der Waals surface area contributed by atoms with Crippen LogP contribution in [0.25, 0.3) is 11.3 Å². The zero-order chi connectivity index (χ0) is 18.4. The van der Waals surface area contributed by atoms with E-state index in [1.54, 1.807) is 30.3 Å². The van der Waals surface area contributed by atoms with Crippen LogP contribution in [0.15, 0.2) is 66.7 Å². The van der Waals surface area contributed by atoms with Crippen molar-refractivity contribution >= 4 is 11.6 Å². The maximum Gasteiger partial charge on any atom is 0.257 e. The summed E-state index contributed by atoms with van der Waals surface area (Å²) in [7, 11) is 0. The van der Waals surface area contributed by atoms with Crippen LogP contribution in [0.1, 0.15) is 16.1 Å². The third kappa shape index (κ3) is 4.26. The number of nitrogens with zero attached hydrogens (tertiary/aromatic N) is 1. The minimum Gasteiger partial charge on any atom is -0.491 e. The molecule has 26 heavy (non-hydrogen) atoms. The van der Waals surface area contributed by atoms with Gasteiger partial charge in [-0.05, 0) is 43.3 Å². The van der Waals surface area contributed by atoms with Gasteiger partial charge in [0.15, 0.2) is 0 Å². The van der Waals surface area contributed by atoms with E-state index in [2.05, 4.69) is 10.3 Å². The van der Waals surface area contributed by atoms with Crippen LogP contribution in [-0.2, 0) is 0 Å². The molecule has 0 atom stereocenters. The Kier molecular flexibility index (Phi) is 5.61. The molecule has 0 saturated heterocycles. The Bertz CT molecular complexity index is 878. The second-order valence-corrected chi connectivity index (χ2v) is 5.75. The molecule has 0 saturated carbocycles. The molecule has 2 aromatic carbocycles. The van der Waals surface area contributed by atoms with Gasteiger partial charge in [-0.15, -0.1) is 0 Å². The number of aryl methyl sites for hydroxylation is 1. The van der Waals surface area contributed by atoms with Crippen LogP contribution in [0.5, 0.6) is 5.75 Å². The molecule has 0 unspecified atom stereocenters. The van der Waals surface area contributed by atoms with E-state index in [1.807, 2.05) is 43.3 Å². The molecular weight excluding hydrogens is 328 g/mol. The number of aromatic nitrogens is 1. The number of hydrogen-bond donors (Lipinski definition) is 2. The molecule has 1 heterocycles. The number of benzene rings is 2. The minimum atomic E-state index is -0.210. The summed E-state index contributed by atoms with van der Waals surface area (Å²) in [5, 5.41) is 11.6. The van der Waals surface area contributed by atoms with Crippen molar-refractivity contribution in [1.29, 1.82) is 0 Å². The number of amides is 1. The Balaban J connectivity index is 1.72. The van der Waals surface area contributed by atoms with Crippen LogP contribution in [0.2, 0.25) is 0 Å². The summed E-state index contributed by atoms with van der Waals surface area (Å²) in [5.74, 6) is 0.431. The third-order valence-electron chi connectivity index (χ3n) is 3.87. The predicted octanol–water partition coefficient (Wildman–Crippen LogP) is 3.68. The van der Waals surface area contributed by atoms with E-state index in [-0.39, 0.29) is 19.1 Å². The molecule has 132 valence electrons. The Hall–Kier alpha value is -3.18. The first-order valence-electron chi connectivity index (χ1n) is 8.35. The molecule has 0 fully saturated rings. The van der Waals surface area contributed by atoms with E-state index in [1.165, 1.54) is 0 Å². The van der Waals surface area contributed by atoms with Crippen LogP contribution in [0.3, 0.4) is 0 Å². The molecule has 0 bridgehead atoms. The maximum absolute atomic E-state index is 12.5. The normalized spacial score (nSPS) is 10.4. The van der Waals surface area contributed by atoms with Crippen molar-refractivity contribution in [2.75, 3.05) is 18.5 Å². The highest BCUT2D eigenvalue weighted by Crippen LogP contribution is 2.20. The van der Waals surface area contributed by atoms with Crippen LogP contribution in [0, 0.1) is 6.92 Å². The topological polar surface area (TPSA) is 71.5 Å². The van der Waals surface area contributed by atoms with Crippen molar-refractivity contribution in [1.82, 2.24) is 4.98 Å². The fraction of sp³-hybridized carbons (Fsp3) is 0.143. The quantitative estimate of drug-likeness (QED) is 0.713. The van der Waals surface area contributed by atoms with Crippen LogP contribution >= 0.6 is 0 Å². The monoisotopic (exact) mass is 348 g/mol. The van der Waals surface area contributed by atoms with Gasteiger partial charge in [0.1, 0.15) is 12.4 Å². The smallest absolute Gasteiger partial charge is 0.257 e. The van der Waals surface area contributed by atoms with Crippen molar-refractivity contribution in [2.24, 2.45) is 0 Å². The van der Waals surface area contributed by atoms with Gasteiger partial charge in [0.25, 0.3) is 5.91 Å². The Morgan fingerprint density at radius 1 is 1.04 bits per heavy atom. The summed E-state index contributed by atoms with van der Waals surface area (Å²) < 4.78 is 5.30. The van der Waals surface area contributed by atoms with E-state index >= 15 is 0 Å². The van der Waals surface area contributed by atoms with Crippen LogP contribution < -0.4 is 10.1 Å². The van der Waals surface area contributed by atoms with Crippen molar-refractivity contribution in [3.8, 4) is 17.0 Å². The molecule has 3 aromatic rings. The lowest BCUT2D eigenvalue weighted by Crippen LogP contribution is -2.14. The van der Waals surface area contributed by atoms with E-state index in [9.17, 15) is 4.79 Å². The second kappa shape index (κ2) is 8.27. The largest absolute Gasteiger partial charge is 0.491 e. The van der Waals surface area contributed by atoms with Crippen molar-refractivity contribution < 1.29 is 14.6 Å². The molecule has 1 amide bonds. The second-order valence-electron chi connectivity index (χ2n) is 5.75. The fourth-order valence-corrected chi connectivity index (χ4v) is 2.57. The summed E-state index contributed by atoms with van der Waals surface area (Å²) in [6.45, 7) is 2.03. The lowest BCUT2D eigenvalue weighted by atomic mass is 10.1. The minimum absolute atomic E-state index is 0.0380. The Morgan fingerprint density at radius 3 is 2.42 bits per heavy atom. The molecule has 0 spiro atoms. The van der Waals surface area contributed by atoms with Gasteiger partial charge >= 0.3 is 0 Å². The molecule has 3 rings (SSSR count). The highest BCUT2D eigenvalue weighted by Gasteiger charge is 2.12. The van der Waals surface area contributed by atoms with Crippen molar-refractivity contribution in [2.45, 2.75) is 6.92 Å². The molecule has 0 radical (unpaired) electrons. The predicted molar refractivity (Wildman–Crippen MR) is 101 cm³/mol. The van der Waals surface area contributed by atoms with Crippen molar-refractivity contribution in [3.05, 3.63) is 78.0 Å². The number of hydrogen-bond acceptors (Lipinski definition) is 4. The van der Waals surface area contributed by atoms with Gasteiger partial charge in [-0.25, -0.2) is 0 Å². The molecule has 0 aliphatic carbocycles. The summed E-state index contributed by atoms with van der Waals surface area (Å²) in [6.07, 6.45) is 0. The van der Waals surface area contributed by atoms with E-state index < -0.39 is 0 Å². The number of pyridine rings is 1. The Morgan fingerprint density at radius 2 is 1.77 bits per heavy atom. The summed E-state index contributed by atoms with van der Waals surface area (Å²) in [6, 6.07) is 20.5. The number of carbonyl (C=O) groups is 1. The number of carbonyl (C=O) groups excluding carboxylic acids is 1. The molecular formula is C21H20N2O3. The van der Waals surface area contributed by atoms with Gasteiger partial charge in [-0.1, -0.05) is 30.3 Å². The van der Waals surface area contributed by atoms with E-state index in [0.717, 1.165) is 11.3 Å². The zero-order valence-corrected chi connectivity index (χ0v) is 14.5. The lowest BCUT2D eigenvalue weighted by Gasteiger charge is -2.10. The first kappa shape index (κ1) is 17.6. The SMILES string of the molecule is Cc1nc(-c2ccccc2)ccc1C(=O)Nc1ccc(OCCO)cc1. The van der Waals surface area contributed by atoms with Crippen LogP contribution in [-0.4, -0.2) is 29.2 Å². The number of anilines is 1. The highest BCUT2D eigenvalue weighted by molar-refractivity contribution is 6.05. The molecule has 2 N–H and O–H groups in total. The van der Waals surface area contributed by atoms with Gasteiger partial charge in [0, 0.05) is 11.3 Å². The standard InChI is InChI=1S/C21H20N2O3/c1-15-19(11-12-20(22-15)16-5-3-2-4-6-16)21(25)23-17-7-9-18(10-8-17)26-14-13-24/h2-12,24H,13-14H2,1H3,(H,23,25). The third-order valence-corrected chi connectivity index (χ3v) is 3.87.